The molecule has 1 aliphatic rings. The summed E-state index contributed by atoms with van der Waals surface area (Å²) in [7, 11) is 3.61. The van der Waals surface area contributed by atoms with Crippen molar-refractivity contribution in [3.63, 3.8) is 0 Å². The number of ether oxygens (including phenoxy) is 2. The fraction of sp³-hybridized carbons (Fsp3) is 0.938. The van der Waals surface area contributed by atoms with Gasteiger partial charge in [-0.15, -0.1) is 0 Å². The number of nitrogens with one attached hydrogen (secondary N) is 2. The molecule has 5 nitrogen and oxygen atoms in total. The monoisotopic (exact) mass is 299 g/mol. The molecule has 124 valence electrons. The van der Waals surface area contributed by atoms with Crippen molar-refractivity contribution in [3.8, 4) is 0 Å². The molecule has 2 atom stereocenters. The number of methoxy groups -OCH3 is 1. The van der Waals surface area contributed by atoms with E-state index in [1.54, 1.807) is 7.11 Å². The molecule has 5 heteroatoms. The smallest absolute Gasteiger partial charge is 0.191 e. The van der Waals surface area contributed by atoms with E-state index in [0.717, 1.165) is 45.0 Å². The number of guanidine groups is 1. The van der Waals surface area contributed by atoms with Gasteiger partial charge in [0.1, 0.15) is 0 Å². The summed E-state index contributed by atoms with van der Waals surface area (Å²) < 4.78 is 11.0. The molecule has 0 radical (unpaired) electrons. The Morgan fingerprint density at radius 3 is 2.52 bits per heavy atom. The van der Waals surface area contributed by atoms with Crippen LogP contribution in [-0.4, -0.2) is 51.5 Å². The molecular formula is C16H33N3O2. The second-order valence-corrected chi connectivity index (χ2v) is 6.46. The molecule has 0 spiro atoms. The van der Waals surface area contributed by atoms with Gasteiger partial charge in [-0.3, -0.25) is 4.99 Å². The standard InChI is InChI=1S/C16H33N3O2/c1-7-21-11-9-8-10-18-14(17-5)19-13-12-16(4,20-6)15(13,2)3/h13H,7-12H2,1-6H3,(H2,17,18,19). The SMILES string of the molecule is CCOCCCCNC(=NC)NC1CC(C)(OC)C1(C)C. The lowest BCUT2D eigenvalue weighted by atomic mass is 9.56. The lowest BCUT2D eigenvalue weighted by molar-refractivity contribution is -0.176. The van der Waals surface area contributed by atoms with Crippen LogP contribution in [0.5, 0.6) is 0 Å². The van der Waals surface area contributed by atoms with E-state index in [-0.39, 0.29) is 11.0 Å². The van der Waals surface area contributed by atoms with Crippen LogP contribution in [0.4, 0.5) is 0 Å². The minimum absolute atomic E-state index is 0.0546. The third kappa shape index (κ3) is 4.33. The van der Waals surface area contributed by atoms with Gasteiger partial charge in [0.25, 0.3) is 0 Å². The third-order valence-corrected chi connectivity index (χ3v) is 5.02. The maximum Gasteiger partial charge on any atom is 0.191 e. The van der Waals surface area contributed by atoms with Gasteiger partial charge in [-0.1, -0.05) is 13.8 Å². The first kappa shape index (κ1) is 18.2. The lowest BCUT2D eigenvalue weighted by Gasteiger charge is -2.59. The zero-order valence-corrected chi connectivity index (χ0v) is 14.6. The van der Waals surface area contributed by atoms with Crippen LogP contribution in [0.1, 0.15) is 47.0 Å². The van der Waals surface area contributed by atoms with Crippen molar-refractivity contribution >= 4 is 5.96 Å². The number of hydrogen-bond acceptors (Lipinski definition) is 3. The normalized spacial score (nSPS) is 28.1. The predicted molar refractivity (Wildman–Crippen MR) is 87.8 cm³/mol. The van der Waals surface area contributed by atoms with Crippen LogP contribution < -0.4 is 10.6 Å². The van der Waals surface area contributed by atoms with Crippen LogP contribution in [-0.2, 0) is 9.47 Å². The minimum Gasteiger partial charge on any atom is -0.382 e. The molecule has 1 aliphatic carbocycles. The van der Waals surface area contributed by atoms with Crippen LogP contribution in [0, 0.1) is 5.41 Å². The Balaban J connectivity index is 2.30. The largest absolute Gasteiger partial charge is 0.382 e. The van der Waals surface area contributed by atoms with Gasteiger partial charge >= 0.3 is 0 Å². The highest BCUT2D eigenvalue weighted by Gasteiger charge is 2.57. The van der Waals surface area contributed by atoms with E-state index in [1.165, 1.54) is 0 Å². The first-order valence-electron chi connectivity index (χ1n) is 8.01. The third-order valence-electron chi connectivity index (χ3n) is 5.02. The van der Waals surface area contributed by atoms with Crippen molar-refractivity contribution in [1.29, 1.82) is 0 Å². The predicted octanol–water partition coefficient (Wildman–Crippen LogP) is 2.17. The number of hydrogen-bond donors (Lipinski definition) is 2. The molecule has 0 aliphatic heterocycles. The molecule has 2 N–H and O–H groups in total. The molecule has 0 amide bonds. The summed E-state index contributed by atoms with van der Waals surface area (Å²) >= 11 is 0. The summed E-state index contributed by atoms with van der Waals surface area (Å²) in [5.41, 5.74) is 0.0370. The highest BCUT2D eigenvalue weighted by atomic mass is 16.5. The van der Waals surface area contributed by atoms with E-state index >= 15 is 0 Å². The van der Waals surface area contributed by atoms with Crippen LogP contribution in [0.2, 0.25) is 0 Å². The van der Waals surface area contributed by atoms with E-state index < -0.39 is 0 Å². The molecule has 0 saturated heterocycles. The Morgan fingerprint density at radius 1 is 1.29 bits per heavy atom. The van der Waals surface area contributed by atoms with Crippen molar-refractivity contribution < 1.29 is 9.47 Å². The van der Waals surface area contributed by atoms with E-state index in [1.807, 2.05) is 14.0 Å². The number of rotatable bonds is 8. The quantitative estimate of drug-likeness (QED) is 0.410. The Bertz CT molecular complexity index is 344. The van der Waals surface area contributed by atoms with Crippen molar-refractivity contribution in [1.82, 2.24) is 10.6 Å². The van der Waals surface area contributed by atoms with Crippen LogP contribution in [0.3, 0.4) is 0 Å². The first-order chi connectivity index (χ1) is 9.91. The molecule has 1 fully saturated rings. The average Bonchev–Trinajstić information content (AvgIpc) is 2.48. The fourth-order valence-electron chi connectivity index (χ4n) is 2.76. The maximum absolute atomic E-state index is 5.66. The summed E-state index contributed by atoms with van der Waals surface area (Å²) in [5.74, 6) is 0.877. The lowest BCUT2D eigenvalue weighted by Crippen LogP contribution is -2.69. The van der Waals surface area contributed by atoms with E-state index in [9.17, 15) is 0 Å². The average molecular weight is 299 g/mol. The number of aliphatic imine (C=N–C) groups is 1. The zero-order valence-electron chi connectivity index (χ0n) is 14.6. The maximum atomic E-state index is 5.66. The van der Waals surface area contributed by atoms with Crippen molar-refractivity contribution in [2.75, 3.05) is 33.9 Å². The number of nitrogens with zero attached hydrogens (tertiary/aromatic N) is 1. The molecule has 1 rings (SSSR count). The summed E-state index contributed by atoms with van der Waals surface area (Å²) in [5, 5.41) is 6.88. The van der Waals surface area contributed by atoms with Gasteiger partial charge in [-0.25, -0.2) is 0 Å². The van der Waals surface area contributed by atoms with Crippen LogP contribution in [0.15, 0.2) is 4.99 Å². The van der Waals surface area contributed by atoms with Gasteiger partial charge in [0.05, 0.1) is 5.60 Å². The van der Waals surface area contributed by atoms with Crippen molar-refractivity contribution in [3.05, 3.63) is 0 Å². The number of unbranched alkanes of at least 4 members (excludes halogenated alkanes) is 1. The summed E-state index contributed by atoms with van der Waals surface area (Å²) in [6, 6.07) is 0.386. The molecule has 0 aromatic carbocycles. The first-order valence-corrected chi connectivity index (χ1v) is 8.01. The topological polar surface area (TPSA) is 54.9 Å². The molecule has 0 aromatic rings. The zero-order chi connectivity index (χ0) is 15.9. The molecule has 0 aromatic heterocycles. The van der Waals surface area contributed by atoms with Gasteiger partial charge in [-0.05, 0) is 33.1 Å². The van der Waals surface area contributed by atoms with Gasteiger partial charge in [-0.2, -0.15) is 0 Å². The highest BCUT2D eigenvalue weighted by Crippen LogP contribution is 2.51. The fourth-order valence-corrected chi connectivity index (χ4v) is 2.76. The summed E-state index contributed by atoms with van der Waals surface area (Å²) in [4.78, 5) is 4.31. The molecule has 2 unspecified atom stereocenters. The molecule has 0 bridgehead atoms. The van der Waals surface area contributed by atoms with Gasteiger partial charge in [0.15, 0.2) is 5.96 Å². The minimum atomic E-state index is -0.0546. The Morgan fingerprint density at radius 2 is 2.00 bits per heavy atom. The molecule has 0 heterocycles. The van der Waals surface area contributed by atoms with Crippen molar-refractivity contribution in [2.45, 2.75) is 58.6 Å². The second kappa shape index (κ2) is 7.99. The van der Waals surface area contributed by atoms with Gasteiger partial charge in [0, 0.05) is 45.4 Å². The Labute approximate surface area is 129 Å². The van der Waals surface area contributed by atoms with E-state index in [2.05, 4.69) is 36.4 Å². The van der Waals surface area contributed by atoms with Crippen LogP contribution in [0.25, 0.3) is 0 Å². The summed E-state index contributed by atoms with van der Waals surface area (Å²) in [6.45, 7) is 11.2. The second-order valence-electron chi connectivity index (χ2n) is 6.46. The summed E-state index contributed by atoms with van der Waals surface area (Å²) in [6.07, 6.45) is 3.17. The molecular weight excluding hydrogens is 266 g/mol. The van der Waals surface area contributed by atoms with Gasteiger partial charge < -0.3 is 20.1 Å². The highest BCUT2D eigenvalue weighted by molar-refractivity contribution is 5.80. The van der Waals surface area contributed by atoms with E-state index in [0.29, 0.717) is 6.04 Å². The van der Waals surface area contributed by atoms with E-state index in [4.69, 9.17) is 9.47 Å². The van der Waals surface area contributed by atoms with Crippen molar-refractivity contribution in [2.24, 2.45) is 10.4 Å². The Kier molecular flexibility index (Phi) is 6.94. The van der Waals surface area contributed by atoms with Gasteiger partial charge in [0.2, 0.25) is 0 Å². The van der Waals surface area contributed by atoms with Crippen LogP contribution >= 0.6 is 0 Å². The molecule has 21 heavy (non-hydrogen) atoms. The Hall–Kier alpha value is -0.810. The molecule has 1 saturated carbocycles.